The van der Waals surface area contributed by atoms with Crippen molar-refractivity contribution in [1.82, 2.24) is 14.6 Å². The van der Waals surface area contributed by atoms with Crippen molar-refractivity contribution >= 4 is 44.6 Å². The van der Waals surface area contributed by atoms with E-state index in [1.807, 2.05) is 24.3 Å². The van der Waals surface area contributed by atoms with Gasteiger partial charge in [-0.1, -0.05) is 35.9 Å². The number of nitrogens with one attached hydrogen (secondary N) is 1. The summed E-state index contributed by atoms with van der Waals surface area (Å²) in [7, 11) is 0. The van der Waals surface area contributed by atoms with Crippen molar-refractivity contribution in [3.8, 4) is 17.2 Å². The van der Waals surface area contributed by atoms with E-state index in [0.29, 0.717) is 44.1 Å². The number of pyridine rings is 2. The van der Waals surface area contributed by atoms with Crippen LogP contribution in [0.5, 0.6) is 0 Å². The van der Waals surface area contributed by atoms with Crippen LogP contribution in [0, 0.1) is 17.9 Å². The maximum Gasteiger partial charge on any atom is 0.237 e. The summed E-state index contributed by atoms with van der Waals surface area (Å²) in [4.78, 5) is 7.87. The molecule has 0 bridgehead atoms. The predicted molar refractivity (Wildman–Crippen MR) is 116 cm³/mol. The van der Waals surface area contributed by atoms with Gasteiger partial charge < -0.3 is 5.32 Å². The molecule has 140 valence electrons. The quantitative estimate of drug-likeness (QED) is 0.386. The van der Waals surface area contributed by atoms with E-state index in [4.69, 9.17) is 18.2 Å². The maximum absolute atomic E-state index is 9.94. The number of nitriles is 1. The molecule has 0 atom stereocenters. The molecule has 0 aliphatic rings. The van der Waals surface area contributed by atoms with E-state index in [1.54, 1.807) is 35.2 Å². The van der Waals surface area contributed by atoms with E-state index in [0.717, 1.165) is 5.56 Å². The number of hydrogen-bond donors (Lipinski definition) is 1. The van der Waals surface area contributed by atoms with Crippen LogP contribution in [0.4, 0.5) is 11.5 Å². The smallest absolute Gasteiger partial charge is 0.237 e. The fourth-order valence-electron chi connectivity index (χ4n) is 3.17. The molecule has 0 saturated carbocycles. The van der Waals surface area contributed by atoms with E-state index in [2.05, 4.69) is 42.2 Å². The van der Waals surface area contributed by atoms with Gasteiger partial charge in [0.2, 0.25) is 5.69 Å². The highest BCUT2D eigenvalue weighted by Gasteiger charge is 2.24. The fraction of sp³-hybridized carbons (Fsp3) is 0.0476. The molecule has 0 unspecified atom stereocenters. The maximum atomic E-state index is 9.94. The Hall–Kier alpha value is -3.39. The molecule has 3 heterocycles. The summed E-state index contributed by atoms with van der Waals surface area (Å²) in [6.45, 7) is 8.29. The first-order chi connectivity index (χ1) is 14.2. The van der Waals surface area contributed by atoms with Crippen molar-refractivity contribution in [2.75, 3.05) is 5.32 Å². The van der Waals surface area contributed by atoms with Gasteiger partial charge in [0.1, 0.15) is 11.9 Å². The van der Waals surface area contributed by atoms with Crippen LogP contribution in [0.3, 0.4) is 0 Å². The Morgan fingerprint density at radius 3 is 2.76 bits per heavy atom. The Kier molecular flexibility index (Phi) is 5.18. The zero-order chi connectivity index (χ0) is 20.4. The molecule has 6 nitrogen and oxygen atoms in total. The summed E-state index contributed by atoms with van der Waals surface area (Å²) >= 11 is 9.91. The standard InChI is InChI=1S/C21H12BrClN6/c1-25-19-18(14-6-2-3-7-17(14)23)15(9-24)20-16(22)12-28-29(20)21(19)27-11-13-5-4-8-26-10-13/h2-8,10,12,27H,11H2. The Bertz CT molecular complexity index is 1300. The Morgan fingerprint density at radius 2 is 2.07 bits per heavy atom. The van der Waals surface area contributed by atoms with Crippen LogP contribution >= 0.6 is 27.5 Å². The predicted octanol–water partition coefficient (Wildman–Crippen LogP) is 5.85. The van der Waals surface area contributed by atoms with Gasteiger partial charge in [-0.25, -0.2) is 9.36 Å². The first-order valence-corrected chi connectivity index (χ1v) is 9.71. The monoisotopic (exact) mass is 462 g/mol. The minimum Gasteiger partial charge on any atom is -0.375 e. The SMILES string of the molecule is [C-]#[N+]c1c(-c2ccccc2Cl)c(C#N)c2c(Br)cnn2c1NCc1cccnc1. The van der Waals surface area contributed by atoms with Crippen molar-refractivity contribution in [2.45, 2.75) is 6.54 Å². The van der Waals surface area contributed by atoms with Gasteiger partial charge in [0.15, 0.2) is 0 Å². The fourth-order valence-corrected chi connectivity index (χ4v) is 3.86. The van der Waals surface area contributed by atoms with Gasteiger partial charge in [0, 0.05) is 29.5 Å². The van der Waals surface area contributed by atoms with Gasteiger partial charge in [0.05, 0.1) is 28.3 Å². The van der Waals surface area contributed by atoms with E-state index in [-0.39, 0.29) is 5.69 Å². The summed E-state index contributed by atoms with van der Waals surface area (Å²) in [6.07, 6.45) is 5.06. The molecule has 0 amide bonds. The molecule has 1 aromatic carbocycles. The van der Waals surface area contributed by atoms with E-state index < -0.39 is 0 Å². The van der Waals surface area contributed by atoms with Gasteiger partial charge in [0.25, 0.3) is 0 Å². The van der Waals surface area contributed by atoms with Gasteiger partial charge in [-0.05, 0) is 39.2 Å². The number of rotatable bonds is 4. The lowest BCUT2D eigenvalue weighted by molar-refractivity contribution is 0.944. The molecular weight excluding hydrogens is 452 g/mol. The number of fused-ring (bicyclic) bond motifs is 1. The largest absolute Gasteiger partial charge is 0.375 e. The molecule has 0 fully saturated rings. The molecule has 1 N–H and O–H groups in total. The number of halogens is 2. The second kappa shape index (κ2) is 7.92. The van der Waals surface area contributed by atoms with Gasteiger partial charge in [-0.15, -0.1) is 0 Å². The second-order valence-corrected chi connectivity index (χ2v) is 7.38. The van der Waals surface area contributed by atoms with Gasteiger partial charge >= 0.3 is 0 Å². The Balaban J connectivity index is 2.02. The highest BCUT2D eigenvalue weighted by Crippen LogP contribution is 2.45. The molecular formula is C21H12BrClN6. The average molecular weight is 464 g/mol. The molecule has 4 rings (SSSR count). The van der Waals surface area contributed by atoms with Crippen LogP contribution in [0.2, 0.25) is 5.02 Å². The summed E-state index contributed by atoms with van der Waals surface area (Å²) in [5.74, 6) is 0.485. The molecule has 0 saturated heterocycles. The van der Waals surface area contributed by atoms with Crippen LogP contribution in [-0.2, 0) is 6.54 Å². The number of anilines is 1. The summed E-state index contributed by atoms with van der Waals surface area (Å²) in [5, 5.41) is 18.1. The third-order valence-corrected chi connectivity index (χ3v) is 5.34. The third kappa shape index (κ3) is 3.31. The summed E-state index contributed by atoms with van der Waals surface area (Å²) in [5.41, 5.74) is 3.24. The van der Waals surface area contributed by atoms with Crippen molar-refractivity contribution in [2.24, 2.45) is 0 Å². The zero-order valence-corrected chi connectivity index (χ0v) is 17.2. The number of nitrogens with zero attached hydrogens (tertiary/aromatic N) is 5. The van der Waals surface area contributed by atoms with Crippen molar-refractivity contribution < 1.29 is 0 Å². The first-order valence-electron chi connectivity index (χ1n) is 8.54. The highest BCUT2D eigenvalue weighted by atomic mass is 79.9. The molecule has 0 aliphatic heterocycles. The Labute approximate surface area is 180 Å². The van der Waals surface area contributed by atoms with Crippen LogP contribution in [0.15, 0.2) is 59.5 Å². The molecule has 0 spiro atoms. The van der Waals surface area contributed by atoms with Crippen LogP contribution in [0.1, 0.15) is 11.1 Å². The first kappa shape index (κ1) is 18.9. The van der Waals surface area contributed by atoms with Crippen molar-refractivity contribution in [3.63, 3.8) is 0 Å². The second-order valence-electron chi connectivity index (χ2n) is 6.12. The molecule has 29 heavy (non-hydrogen) atoms. The number of hydrogen-bond acceptors (Lipinski definition) is 4. The van der Waals surface area contributed by atoms with E-state index in [1.165, 1.54) is 0 Å². The van der Waals surface area contributed by atoms with Crippen LogP contribution < -0.4 is 5.32 Å². The highest BCUT2D eigenvalue weighted by molar-refractivity contribution is 9.10. The lowest BCUT2D eigenvalue weighted by Gasteiger charge is -2.17. The molecule has 0 radical (unpaired) electrons. The lowest BCUT2D eigenvalue weighted by Crippen LogP contribution is -2.08. The van der Waals surface area contributed by atoms with Crippen LogP contribution in [0.25, 0.3) is 21.5 Å². The minimum absolute atomic E-state index is 0.279. The molecule has 4 aromatic rings. The topological polar surface area (TPSA) is 70.4 Å². The van der Waals surface area contributed by atoms with E-state index >= 15 is 0 Å². The third-order valence-electron chi connectivity index (χ3n) is 4.43. The summed E-state index contributed by atoms with van der Waals surface area (Å²) < 4.78 is 2.23. The molecule has 0 aliphatic carbocycles. The average Bonchev–Trinajstić information content (AvgIpc) is 3.13. The Morgan fingerprint density at radius 1 is 1.24 bits per heavy atom. The molecule has 3 aromatic heterocycles. The molecule has 8 heteroatoms. The number of aromatic nitrogens is 3. The van der Waals surface area contributed by atoms with Crippen molar-refractivity contribution in [1.29, 1.82) is 5.26 Å². The summed E-state index contributed by atoms with van der Waals surface area (Å²) in [6, 6.07) is 13.2. The van der Waals surface area contributed by atoms with Crippen LogP contribution in [-0.4, -0.2) is 14.6 Å². The van der Waals surface area contributed by atoms with Gasteiger partial charge in [-0.3, -0.25) is 4.98 Å². The zero-order valence-electron chi connectivity index (χ0n) is 14.9. The van der Waals surface area contributed by atoms with E-state index in [9.17, 15) is 5.26 Å². The lowest BCUT2D eigenvalue weighted by atomic mass is 9.98. The minimum atomic E-state index is 0.279. The van der Waals surface area contributed by atoms with Gasteiger partial charge in [-0.2, -0.15) is 10.4 Å². The number of benzene rings is 1. The van der Waals surface area contributed by atoms with Crippen molar-refractivity contribution in [3.05, 3.63) is 87.0 Å². The normalized spacial score (nSPS) is 10.5.